The fourth-order valence-electron chi connectivity index (χ4n) is 3.30. The molecule has 6 heteroatoms. The third-order valence-electron chi connectivity index (χ3n) is 4.86. The van der Waals surface area contributed by atoms with Crippen LogP contribution in [0.15, 0.2) is 0 Å². The third-order valence-corrected chi connectivity index (χ3v) is 4.86. The van der Waals surface area contributed by atoms with Crippen molar-refractivity contribution in [2.45, 2.75) is 51.1 Å². The summed E-state index contributed by atoms with van der Waals surface area (Å²) in [4.78, 5) is 27.4. The van der Waals surface area contributed by atoms with Crippen molar-refractivity contribution in [2.75, 3.05) is 26.8 Å². The molecule has 0 aromatic heterocycles. The van der Waals surface area contributed by atoms with Crippen LogP contribution in [0.5, 0.6) is 0 Å². The van der Waals surface area contributed by atoms with Gasteiger partial charge in [0.15, 0.2) is 0 Å². The summed E-state index contributed by atoms with van der Waals surface area (Å²) in [6.45, 7) is 3.96. The van der Waals surface area contributed by atoms with Gasteiger partial charge in [0.05, 0.1) is 0 Å². The average molecular weight is 298 g/mol. The van der Waals surface area contributed by atoms with Crippen molar-refractivity contribution in [3.8, 4) is 0 Å². The fourth-order valence-corrected chi connectivity index (χ4v) is 3.30. The first-order valence-corrected chi connectivity index (χ1v) is 7.88. The molecule has 2 rings (SSSR count). The number of rotatable bonds is 3. The van der Waals surface area contributed by atoms with Crippen LogP contribution in [0.3, 0.4) is 0 Å². The maximum atomic E-state index is 12.7. The Balaban J connectivity index is 2.03. The Kier molecular flexibility index (Phi) is 5.45. The number of urea groups is 1. The van der Waals surface area contributed by atoms with E-state index >= 15 is 0 Å². The summed E-state index contributed by atoms with van der Waals surface area (Å²) >= 11 is 0. The Morgan fingerprint density at radius 3 is 2.52 bits per heavy atom. The Labute approximate surface area is 126 Å². The van der Waals surface area contributed by atoms with Gasteiger partial charge in [-0.2, -0.15) is 0 Å². The monoisotopic (exact) mass is 298 g/mol. The van der Waals surface area contributed by atoms with E-state index in [2.05, 4.69) is 6.92 Å². The average Bonchev–Trinajstić information content (AvgIpc) is 2.53. The molecule has 0 radical (unpaired) electrons. The lowest BCUT2D eigenvalue weighted by atomic mass is 9.89. The van der Waals surface area contributed by atoms with Gasteiger partial charge in [0.2, 0.25) is 0 Å². The SMILES string of the molecule is CCC1CCN(C(=O)N(C)C2CCOCC2)C(C(=O)O)C1. The minimum atomic E-state index is -0.887. The highest BCUT2D eigenvalue weighted by molar-refractivity contribution is 5.83. The molecular weight excluding hydrogens is 272 g/mol. The number of carbonyl (C=O) groups excluding carboxylic acids is 1. The van der Waals surface area contributed by atoms with E-state index in [0.717, 1.165) is 25.7 Å². The van der Waals surface area contributed by atoms with Crippen molar-refractivity contribution < 1.29 is 19.4 Å². The van der Waals surface area contributed by atoms with E-state index in [-0.39, 0.29) is 12.1 Å². The molecule has 2 aliphatic heterocycles. The van der Waals surface area contributed by atoms with Crippen molar-refractivity contribution in [1.82, 2.24) is 9.80 Å². The molecule has 2 atom stereocenters. The Morgan fingerprint density at radius 2 is 1.95 bits per heavy atom. The highest BCUT2D eigenvalue weighted by Gasteiger charge is 2.38. The number of hydrogen-bond donors (Lipinski definition) is 1. The van der Waals surface area contributed by atoms with Crippen molar-refractivity contribution in [2.24, 2.45) is 5.92 Å². The highest BCUT2D eigenvalue weighted by atomic mass is 16.5. The van der Waals surface area contributed by atoms with Gasteiger partial charge in [0, 0.05) is 32.8 Å². The first kappa shape index (κ1) is 16.1. The van der Waals surface area contributed by atoms with Gasteiger partial charge >= 0.3 is 12.0 Å². The molecule has 2 aliphatic rings. The van der Waals surface area contributed by atoms with Crippen molar-refractivity contribution in [3.05, 3.63) is 0 Å². The lowest BCUT2D eigenvalue weighted by Gasteiger charge is -2.41. The zero-order valence-corrected chi connectivity index (χ0v) is 13.0. The van der Waals surface area contributed by atoms with Crippen LogP contribution in [0, 0.1) is 5.92 Å². The summed E-state index contributed by atoms with van der Waals surface area (Å²) in [6, 6.07) is -0.674. The predicted molar refractivity (Wildman–Crippen MR) is 78.1 cm³/mol. The Bertz CT molecular complexity index is 382. The molecule has 2 unspecified atom stereocenters. The largest absolute Gasteiger partial charge is 0.480 e. The van der Waals surface area contributed by atoms with Crippen LogP contribution in [0.4, 0.5) is 4.79 Å². The summed E-state index contributed by atoms with van der Waals surface area (Å²) in [6.07, 6.45) is 4.09. The van der Waals surface area contributed by atoms with Crippen LogP contribution in [0.25, 0.3) is 0 Å². The molecule has 2 saturated heterocycles. The summed E-state index contributed by atoms with van der Waals surface area (Å²) < 4.78 is 5.32. The Hall–Kier alpha value is -1.30. The molecule has 0 spiro atoms. The lowest BCUT2D eigenvalue weighted by molar-refractivity contribution is -0.144. The van der Waals surface area contributed by atoms with Gasteiger partial charge in [-0.15, -0.1) is 0 Å². The van der Waals surface area contributed by atoms with Crippen LogP contribution < -0.4 is 0 Å². The number of carbonyl (C=O) groups is 2. The molecule has 6 nitrogen and oxygen atoms in total. The topological polar surface area (TPSA) is 70.1 Å². The van der Waals surface area contributed by atoms with Crippen molar-refractivity contribution in [1.29, 1.82) is 0 Å². The fraction of sp³-hybridized carbons (Fsp3) is 0.867. The number of piperidine rings is 1. The number of carboxylic acids is 1. The molecule has 1 N–H and O–H groups in total. The number of aliphatic carboxylic acids is 1. The summed E-state index contributed by atoms with van der Waals surface area (Å²) in [5.74, 6) is -0.481. The van der Waals surface area contributed by atoms with Crippen LogP contribution >= 0.6 is 0 Å². The normalized spacial score (nSPS) is 27.4. The summed E-state index contributed by atoms with van der Waals surface area (Å²) in [7, 11) is 1.78. The summed E-state index contributed by atoms with van der Waals surface area (Å²) in [5, 5.41) is 9.43. The molecule has 2 fully saturated rings. The second-order valence-electron chi connectivity index (χ2n) is 6.08. The van der Waals surface area contributed by atoms with E-state index in [1.807, 2.05) is 0 Å². The zero-order valence-electron chi connectivity index (χ0n) is 13.0. The molecule has 21 heavy (non-hydrogen) atoms. The van der Waals surface area contributed by atoms with Crippen LogP contribution in [-0.4, -0.2) is 65.8 Å². The molecule has 0 bridgehead atoms. The second-order valence-corrected chi connectivity index (χ2v) is 6.08. The van der Waals surface area contributed by atoms with E-state index in [9.17, 15) is 14.7 Å². The maximum absolute atomic E-state index is 12.7. The number of ether oxygens (including phenoxy) is 1. The van der Waals surface area contributed by atoms with Gasteiger partial charge in [0.1, 0.15) is 6.04 Å². The van der Waals surface area contributed by atoms with E-state index in [1.54, 1.807) is 16.8 Å². The smallest absolute Gasteiger partial charge is 0.326 e. The van der Waals surface area contributed by atoms with E-state index < -0.39 is 12.0 Å². The van der Waals surface area contributed by atoms with E-state index in [4.69, 9.17) is 4.74 Å². The minimum absolute atomic E-state index is 0.149. The van der Waals surface area contributed by atoms with Gasteiger partial charge in [-0.3, -0.25) is 0 Å². The molecular formula is C15H26N2O4. The Morgan fingerprint density at radius 1 is 1.29 bits per heavy atom. The number of nitrogens with zero attached hydrogens (tertiary/aromatic N) is 2. The first-order chi connectivity index (χ1) is 10.0. The van der Waals surface area contributed by atoms with Gasteiger partial charge in [-0.05, 0) is 31.6 Å². The lowest BCUT2D eigenvalue weighted by Crippen LogP contribution is -2.56. The van der Waals surface area contributed by atoms with Crippen LogP contribution in [0.2, 0.25) is 0 Å². The van der Waals surface area contributed by atoms with Crippen molar-refractivity contribution >= 4 is 12.0 Å². The summed E-state index contributed by atoms with van der Waals surface area (Å²) in [5.41, 5.74) is 0. The van der Waals surface area contributed by atoms with E-state index in [1.165, 1.54) is 0 Å². The van der Waals surface area contributed by atoms with Gasteiger partial charge in [-0.1, -0.05) is 13.3 Å². The standard InChI is InChI=1S/C15H26N2O4/c1-3-11-4-7-17(13(10-11)14(18)19)15(20)16(2)12-5-8-21-9-6-12/h11-13H,3-10H2,1-2H3,(H,18,19). The third kappa shape index (κ3) is 3.67. The molecule has 2 amide bonds. The van der Waals surface area contributed by atoms with Crippen LogP contribution in [0.1, 0.15) is 39.0 Å². The molecule has 120 valence electrons. The molecule has 0 aromatic rings. The second kappa shape index (κ2) is 7.11. The molecule has 0 saturated carbocycles. The molecule has 0 aromatic carbocycles. The molecule has 2 heterocycles. The quantitative estimate of drug-likeness (QED) is 0.862. The van der Waals surface area contributed by atoms with Gasteiger partial charge in [0.25, 0.3) is 0 Å². The number of carboxylic acid groups (broad SMARTS) is 1. The maximum Gasteiger partial charge on any atom is 0.326 e. The first-order valence-electron chi connectivity index (χ1n) is 7.88. The molecule has 0 aliphatic carbocycles. The zero-order chi connectivity index (χ0) is 15.4. The van der Waals surface area contributed by atoms with Gasteiger partial charge < -0.3 is 19.6 Å². The predicted octanol–water partition coefficient (Wildman–Crippen LogP) is 1.79. The number of likely N-dealkylation sites (tertiary alicyclic amines) is 1. The van der Waals surface area contributed by atoms with Crippen molar-refractivity contribution in [3.63, 3.8) is 0 Å². The van der Waals surface area contributed by atoms with E-state index in [0.29, 0.717) is 32.1 Å². The number of hydrogen-bond acceptors (Lipinski definition) is 3. The van der Waals surface area contributed by atoms with Crippen LogP contribution in [-0.2, 0) is 9.53 Å². The minimum Gasteiger partial charge on any atom is -0.480 e. The highest BCUT2D eigenvalue weighted by Crippen LogP contribution is 2.27. The number of amides is 2. The van der Waals surface area contributed by atoms with Gasteiger partial charge in [-0.25, -0.2) is 9.59 Å².